The second-order valence-corrected chi connectivity index (χ2v) is 3.68. The van der Waals surface area contributed by atoms with E-state index in [1.807, 2.05) is 6.07 Å². The molecule has 0 spiro atoms. The molecule has 0 radical (unpaired) electrons. The molecule has 0 bridgehead atoms. The van der Waals surface area contributed by atoms with Crippen LogP contribution in [0.5, 0.6) is 0 Å². The van der Waals surface area contributed by atoms with Crippen molar-refractivity contribution in [3.05, 3.63) is 35.5 Å². The number of aromatic nitrogens is 1. The summed E-state index contributed by atoms with van der Waals surface area (Å²) in [6, 6.07) is 8.37. The molecule has 0 atom stereocenters. The van der Waals surface area contributed by atoms with Crippen molar-refractivity contribution >= 4 is 10.9 Å². The van der Waals surface area contributed by atoms with E-state index in [0.29, 0.717) is 13.2 Å². The Kier molecular flexibility index (Phi) is 2.75. The summed E-state index contributed by atoms with van der Waals surface area (Å²) < 4.78 is 7.31. The van der Waals surface area contributed by atoms with Gasteiger partial charge in [0.1, 0.15) is 0 Å². The third-order valence-corrected chi connectivity index (χ3v) is 2.79. The zero-order valence-corrected chi connectivity index (χ0v) is 9.16. The van der Waals surface area contributed by atoms with Crippen molar-refractivity contribution in [2.75, 3.05) is 7.11 Å². The highest BCUT2D eigenvalue weighted by Crippen LogP contribution is 2.22. The lowest BCUT2D eigenvalue weighted by atomic mass is 10.1. The van der Waals surface area contributed by atoms with Crippen molar-refractivity contribution in [2.24, 2.45) is 12.8 Å². The minimum absolute atomic E-state index is 0.577. The van der Waals surface area contributed by atoms with Crippen LogP contribution in [0.25, 0.3) is 10.9 Å². The summed E-state index contributed by atoms with van der Waals surface area (Å²) in [6.45, 7) is 1.21. The van der Waals surface area contributed by atoms with Crippen LogP contribution in [-0.2, 0) is 24.9 Å². The zero-order chi connectivity index (χ0) is 10.8. The SMILES string of the molecule is COCc1cc2c(CN)cccc2n1C. The Morgan fingerprint density at radius 2 is 2.20 bits per heavy atom. The Hall–Kier alpha value is -1.32. The van der Waals surface area contributed by atoms with E-state index >= 15 is 0 Å². The van der Waals surface area contributed by atoms with Crippen LogP contribution < -0.4 is 5.73 Å². The van der Waals surface area contributed by atoms with Crippen molar-refractivity contribution in [3.63, 3.8) is 0 Å². The van der Waals surface area contributed by atoms with Crippen molar-refractivity contribution < 1.29 is 4.74 Å². The molecule has 0 aliphatic heterocycles. The van der Waals surface area contributed by atoms with Gasteiger partial charge in [0.25, 0.3) is 0 Å². The predicted octanol–water partition coefficient (Wildman–Crippen LogP) is 1.78. The average Bonchev–Trinajstić information content (AvgIpc) is 2.57. The molecule has 3 nitrogen and oxygen atoms in total. The monoisotopic (exact) mass is 204 g/mol. The van der Waals surface area contributed by atoms with Gasteiger partial charge in [0.2, 0.25) is 0 Å². The summed E-state index contributed by atoms with van der Waals surface area (Å²) in [5, 5.41) is 1.23. The maximum absolute atomic E-state index is 5.71. The van der Waals surface area contributed by atoms with Crippen LogP contribution in [0.4, 0.5) is 0 Å². The molecule has 0 aliphatic carbocycles. The second-order valence-electron chi connectivity index (χ2n) is 3.68. The van der Waals surface area contributed by atoms with Crippen LogP contribution in [0.15, 0.2) is 24.3 Å². The first-order valence-corrected chi connectivity index (χ1v) is 5.03. The number of nitrogens with two attached hydrogens (primary N) is 1. The van der Waals surface area contributed by atoms with Gasteiger partial charge in [-0.1, -0.05) is 12.1 Å². The Labute approximate surface area is 89.4 Å². The van der Waals surface area contributed by atoms with E-state index in [1.54, 1.807) is 7.11 Å². The molecule has 0 saturated carbocycles. The third kappa shape index (κ3) is 1.64. The van der Waals surface area contributed by atoms with Crippen LogP contribution in [0.1, 0.15) is 11.3 Å². The van der Waals surface area contributed by atoms with E-state index in [2.05, 4.69) is 29.8 Å². The number of nitrogens with zero attached hydrogens (tertiary/aromatic N) is 1. The molecule has 1 aromatic heterocycles. The predicted molar refractivity (Wildman–Crippen MR) is 61.5 cm³/mol. The summed E-state index contributed by atoms with van der Waals surface area (Å²) in [7, 11) is 3.76. The minimum Gasteiger partial charge on any atom is -0.378 e. The van der Waals surface area contributed by atoms with E-state index in [-0.39, 0.29) is 0 Å². The number of benzene rings is 1. The first kappa shape index (κ1) is 10.2. The molecule has 0 saturated heterocycles. The number of fused-ring (bicyclic) bond motifs is 1. The summed E-state index contributed by atoms with van der Waals surface area (Å²) in [4.78, 5) is 0. The van der Waals surface area contributed by atoms with Gasteiger partial charge < -0.3 is 15.0 Å². The largest absolute Gasteiger partial charge is 0.378 e. The van der Waals surface area contributed by atoms with Gasteiger partial charge >= 0.3 is 0 Å². The van der Waals surface area contributed by atoms with Crippen molar-refractivity contribution in [1.29, 1.82) is 0 Å². The molecular weight excluding hydrogens is 188 g/mol. The fraction of sp³-hybridized carbons (Fsp3) is 0.333. The molecular formula is C12H16N2O. The molecule has 1 heterocycles. The van der Waals surface area contributed by atoms with Gasteiger partial charge in [-0.2, -0.15) is 0 Å². The Morgan fingerprint density at radius 3 is 2.87 bits per heavy atom. The fourth-order valence-electron chi connectivity index (χ4n) is 1.94. The Balaban J connectivity index is 2.64. The minimum atomic E-state index is 0.577. The standard InChI is InChI=1S/C12H16N2O/c1-14-10(8-15-2)6-11-9(7-13)4-3-5-12(11)14/h3-6H,7-8,13H2,1-2H3. The summed E-state index contributed by atoms with van der Waals surface area (Å²) in [6.07, 6.45) is 0. The molecule has 0 unspecified atom stereocenters. The molecule has 0 amide bonds. The lowest BCUT2D eigenvalue weighted by molar-refractivity contribution is 0.179. The van der Waals surface area contributed by atoms with Crippen LogP contribution in [0.3, 0.4) is 0 Å². The number of hydrogen-bond donors (Lipinski definition) is 1. The van der Waals surface area contributed by atoms with Crippen LogP contribution >= 0.6 is 0 Å². The highest BCUT2D eigenvalue weighted by atomic mass is 16.5. The van der Waals surface area contributed by atoms with E-state index < -0.39 is 0 Å². The van der Waals surface area contributed by atoms with Crippen molar-refractivity contribution in [3.8, 4) is 0 Å². The normalized spacial score (nSPS) is 11.1. The van der Waals surface area contributed by atoms with Gasteiger partial charge in [-0.25, -0.2) is 0 Å². The fourth-order valence-corrected chi connectivity index (χ4v) is 1.94. The molecule has 0 fully saturated rings. The maximum Gasteiger partial charge on any atom is 0.0864 e. The molecule has 2 rings (SSSR count). The van der Waals surface area contributed by atoms with Gasteiger partial charge in [0, 0.05) is 37.3 Å². The van der Waals surface area contributed by atoms with Gasteiger partial charge in [-0.05, 0) is 17.7 Å². The first-order valence-electron chi connectivity index (χ1n) is 5.03. The number of hydrogen-bond acceptors (Lipinski definition) is 2. The molecule has 2 aromatic rings. The van der Waals surface area contributed by atoms with Crippen LogP contribution in [0, 0.1) is 0 Å². The van der Waals surface area contributed by atoms with Gasteiger partial charge in [-0.15, -0.1) is 0 Å². The summed E-state index contributed by atoms with van der Waals surface area (Å²) in [5.41, 5.74) is 9.28. The molecule has 0 aliphatic rings. The van der Waals surface area contributed by atoms with E-state index in [9.17, 15) is 0 Å². The Bertz CT molecular complexity index is 474. The maximum atomic E-state index is 5.71. The topological polar surface area (TPSA) is 40.2 Å². The quantitative estimate of drug-likeness (QED) is 0.828. The van der Waals surface area contributed by atoms with E-state index in [0.717, 1.165) is 0 Å². The molecule has 1 aromatic carbocycles. The van der Waals surface area contributed by atoms with Crippen LogP contribution in [0.2, 0.25) is 0 Å². The van der Waals surface area contributed by atoms with Crippen molar-refractivity contribution in [2.45, 2.75) is 13.2 Å². The lowest BCUT2D eigenvalue weighted by Crippen LogP contribution is -1.97. The van der Waals surface area contributed by atoms with Gasteiger partial charge in [0.05, 0.1) is 6.61 Å². The van der Waals surface area contributed by atoms with Gasteiger partial charge in [-0.3, -0.25) is 0 Å². The van der Waals surface area contributed by atoms with Crippen molar-refractivity contribution in [1.82, 2.24) is 4.57 Å². The molecule has 2 N–H and O–H groups in total. The summed E-state index contributed by atoms with van der Waals surface area (Å²) >= 11 is 0. The number of ether oxygens (including phenoxy) is 1. The molecule has 3 heteroatoms. The average molecular weight is 204 g/mol. The van der Waals surface area contributed by atoms with Crippen LogP contribution in [-0.4, -0.2) is 11.7 Å². The van der Waals surface area contributed by atoms with E-state index in [1.165, 1.54) is 22.2 Å². The first-order chi connectivity index (χ1) is 7.27. The second kappa shape index (κ2) is 4.04. The highest BCUT2D eigenvalue weighted by Gasteiger charge is 2.07. The lowest BCUT2D eigenvalue weighted by Gasteiger charge is -2.02. The third-order valence-electron chi connectivity index (χ3n) is 2.79. The summed E-state index contributed by atoms with van der Waals surface area (Å²) in [5.74, 6) is 0. The zero-order valence-electron chi connectivity index (χ0n) is 9.16. The molecule has 15 heavy (non-hydrogen) atoms. The highest BCUT2D eigenvalue weighted by molar-refractivity contribution is 5.84. The smallest absolute Gasteiger partial charge is 0.0864 e. The van der Waals surface area contributed by atoms with E-state index in [4.69, 9.17) is 10.5 Å². The number of methoxy groups -OCH3 is 1. The number of aryl methyl sites for hydroxylation is 1. The Morgan fingerprint density at radius 1 is 1.40 bits per heavy atom. The molecule has 80 valence electrons. The number of rotatable bonds is 3. The van der Waals surface area contributed by atoms with Gasteiger partial charge in [0.15, 0.2) is 0 Å².